The highest BCUT2D eigenvalue weighted by Gasteiger charge is 2.21. The van der Waals surface area contributed by atoms with Gasteiger partial charge in [0.1, 0.15) is 5.82 Å². The highest BCUT2D eigenvalue weighted by Crippen LogP contribution is 2.23. The van der Waals surface area contributed by atoms with Crippen LogP contribution in [0.1, 0.15) is 35.3 Å². The van der Waals surface area contributed by atoms with E-state index in [1.807, 2.05) is 30.2 Å². The number of benzene rings is 1. The normalized spacial score (nSPS) is 15.5. The largest absolute Gasteiger partial charge is 0.392 e. The molecule has 1 atom stereocenters. The zero-order valence-corrected chi connectivity index (χ0v) is 19.5. The number of aliphatic hydroxyl groups excluding tert-OH is 1. The Kier molecular flexibility index (Phi) is 7.23. The van der Waals surface area contributed by atoms with E-state index in [4.69, 9.17) is 0 Å². The molecule has 1 amide bonds. The number of pyridine rings is 2. The van der Waals surface area contributed by atoms with E-state index in [1.54, 1.807) is 19.1 Å². The Balaban J connectivity index is 1.37. The van der Waals surface area contributed by atoms with Gasteiger partial charge < -0.3 is 20.3 Å². The molecule has 0 bridgehead atoms. The Morgan fingerprint density at radius 3 is 2.68 bits per heavy atom. The van der Waals surface area contributed by atoms with Gasteiger partial charge in [-0.2, -0.15) is 0 Å². The molecule has 180 valence electrons. The number of piperazine rings is 1. The summed E-state index contributed by atoms with van der Waals surface area (Å²) >= 11 is 0. The summed E-state index contributed by atoms with van der Waals surface area (Å²) < 4.78 is 14.8. The fourth-order valence-corrected chi connectivity index (χ4v) is 4.17. The zero-order valence-electron chi connectivity index (χ0n) is 19.5. The number of halogens is 1. The Morgan fingerprint density at radius 2 is 2.00 bits per heavy atom. The maximum atomic E-state index is 14.8. The van der Waals surface area contributed by atoms with Gasteiger partial charge >= 0.3 is 0 Å². The number of aromatic amines is 1. The molecule has 34 heavy (non-hydrogen) atoms. The van der Waals surface area contributed by atoms with Crippen LogP contribution in [-0.2, 0) is 13.0 Å². The summed E-state index contributed by atoms with van der Waals surface area (Å²) in [6.07, 6.45) is 1.84. The van der Waals surface area contributed by atoms with Gasteiger partial charge in [-0.1, -0.05) is 6.92 Å². The second-order valence-electron chi connectivity index (χ2n) is 8.74. The maximum absolute atomic E-state index is 14.8. The van der Waals surface area contributed by atoms with Crippen LogP contribution in [0, 0.1) is 5.82 Å². The van der Waals surface area contributed by atoms with E-state index in [2.05, 4.69) is 20.2 Å². The number of aromatic nitrogens is 2. The van der Waals surface area contributed by atoms with Gasteiger partial charge in [0, 0.05) is 56.6 Å². The molecule has 1 aromatic carbocycles. The van der Waals surface area contributed by atoms with Gasteiger partial charge in [0.2, 0.25) is 0 Å². The average molecular weight is 468 g/mol. The first-order valence-corrected chi connectivity index (χ1v) is 11.6. The predicted octanol–water partition coefficient (Wildman–Crippen LogP) is 2.06. The molecule has 0 aliphatic carbocycles. The first-order valence-electron chi connectivity index (χ1n) is 11.6. The van der Waals surface area contributed by atoms with Gasteiger partial charge in [0.15, 0.2) is 0 Å². The molecule has 0 saturated carbocycles. The summed E-state index contributed by atoms with van der Waals surface area (Å²) in [5.74, 6) is -0.847. The lowest BCUT2D eigenvalue weighted by molar-refractivity contribution is 0.0923. The molecule has 3 heterocycles. The third-order valence-electron chi connectivity index (χ3n) is 6.09. The number of nitrogens with one attached hydrogen (secondary N) is 2. The number of amides is 1. The number of H-pyrrole nitrogens is 1. The van der Waals surface area contributed by atoms with Crippen molar-refractivity contribution in [2.45, 2.75) is 32.9 Å². The molecular formula is C25H30FN5O3. The number of carbonyl (C=O) groups is 1. The summed E-state index contributed by atoms with van der Waals surface area (Å²) in [4.78, 5) is 35.9. The molecule has 9 heteroatoms. The minimum atomic E-state index is -0.661. The minimum absolute atomic E-state index is 0.0731. The van der Waals surface area contributed by atoms with Crippen LogP contribution in [0.5, 0.6) is 0 Å². The molecule has 1 saturated heterocycles. The highest BCUT2D eigenvalue weighted by atomic mass is 19.1. The fourth-order valence-electron chi connectivity index (χ4n) is 4.17. The highest BCUT2D eigenvalue weighted by molar-refractivity contribution is 5.94. The molecule has 3 N–H and O–H groups in total. The topological polar surface area (TPSA) is 102 Å². The van der Waals surface area contributed by atoms with Crippen molar-refractivity contribution >= 4 is 22.6 Å². The van der Waals surface area contributed by atoms with E-state index in [0.29, 0.717) is 31.7 Å². The van der Waals surface area contributed by atoms with E-state index in [9.17, 15) is 19.1 Å². The Bertz CT molecular complexity index is 1230. The smallest absolute Gasteiger partial charge is 0.251 e. The molecule has 0 spiro atoms. The third kappa shape index (κ3) is 5.43. The van der Waals surface area contributed by atoms with Crippen LogP contribution in [0.2, 0.25) is 0 Å². The van der Waals surface area contributed by atoms with Gasteiger partial charge in [-0.25, -0.2) is 4.39 Å². The molecule has 4 rings (SSSR count). The van der Waals surface area contributed by atoms with Crippen LogP contribution in [0.25, 0.3) is 11.0 Å². The fraction of sp³-hybridized carbons (Fsp3) is 0.400. The lowest BCUT2D eigenvalue weighted by Gasteiger charge is -2.36. The predicted molar refractivity (Wildman–Crippen MR) is 130 cm³/mol. The average Bonchev–Trinajstić information content (AvgIpc) is 2.82. The van der Waals surface area contributed by atoms with Crippen molar-refractivity contribution in [1.29, 1.82) is 0 Å². The minimum Gasteiger partial charge on any atom is -0.392 e. The first-order chi connectivity index (χ1) is 16.3. The molecule has 2 aromatic heterocycles. The number of hydrogen-bond donors (Lipinski definition) is 3. The Hall–Kier alpha value is -3.30. The molecular weight excluding hydrogens is 437 g/mol. The van der Waals surface area contributed by atoms with Crippen molar-refractivity contribution in [3.05, 3.63) is 69.4 Å². The van der Waals surface area contributed by atoms with Crippen LogP contribution in [0.3, 0.4) is 0 Å². The van der Waals surface area contributed by atoms with E-state index in [-0.39, 0.29) is 17.7 Å². The molecule has 1 aliphatic heterocycles. The Morgan fingerprint density at radius 1 is 1.24 bits per heavy atom. The SMILES string of the molecule is CCc1cc2ncc(CN3CCN(c4ccc(C(=O)NC[C@@H](C)O)cc4F)CC3)cc2[nH]c1=O. The van der Waals surface area contributed by atoms with Crippen molar-refractivity contribution < 1.29 is 14.3 Å². The van der Waals surface area contributed by atoms with Crippen LogP contribution in [-0.4, -0.2) is 64.7 Å². The lowest BCUT2D eigenvalue weighted by atomic mass is 10.1. The standard InChI is InChI=1S/C25H30FN5O3/c1-3-18-12-21-22(29-25(18)34)10-17(14-27-21)15-30-6-8-31(9-7-30)23-5-4-19(11-20(23)26)24(33)28-13-16(2)32/h4-5,10-12,14,16,32H,3,6-9,13,15H2,1-2H3,(H,28,33)(H,29,34)/t16-/m1/s1. The van der Waals surface area contributed by atoms with Crippen molar-refractivity contribution in [2.75, 3.05) is 37.6 Å². The zero-order chi connectivity index (χ0) is 24.2. The van der Waals surface area contributed by atoms with Gasteiger partial charge in [-0.3, -0.25) is 19.5 Å². The number of carbonyl (C=O) groups excluding carboxylic acids is 1. The van der Waals surface area contributed by atoms with Gasteiger partial charge in [0.05, 0.1) is 22.8 Å². The number of anilines is 1. The van der Waals surface area contributed by atoms with E-state index < -0.39 is 17.8 Å². The third-order valence-corrected chi connectivity index (χ3v) is 6.09. The second-order valence-corrected chi connectivity index (χ2v) is 8.74. The lowest BCUT2D eigenvalue weighted by Crippen LogP contribution is -2.46. The summed E-state index contributed by atoms with van der Waals surface area (Å²) in [7, 11) is 0. The summed E-state index contributed by atoms with van der Waals surface area (Å²) in [6.45, 7) is 7.14. The van der Waals surface area contributed by atoms with Crippen LogP contribution in [0.4, 0.5) is 10.1 Å². The number of hydrogen-bond acceptors (Lipinski definition) is 6. The van der Waals surface area contributed by atoms with Gasteiger partial charge in [-0.05, 0) is 49.2 Å². The second kappa shape index (κ2) is 10.3. The van der Waals surface area contributed by atoms with Crippen LogP contribution < -0.4 is 15.8 Å². The maximum Gasteiger partial charge on any atom is 0.251 e. The van der Waals surface area contributed by atoms with Gasteiger partial charge in [0.25, 0.3) is 11.5 Å². The summed E-state index contributed by atoms with van der Waals surface area (Å²) in [5, 5.41) is 11.9. The van der Waals surface area contributed by atoms with Gasteiger partial charge in [-0.15, -0.1) is 0 Å². The number of aliphatic hydroxyl groups is 1. The van der Waals surface area contributed by atoms with E-state index >= 15 is 0 Å². The van der Waals surface area contributed by atoms with Crippen LogP contribution >= 0.6 is 0 Å². The molecule has 0 unspecified atom stereocenters. The number of nitrogens with zero attached hydrogens (tertiary/aromatic N) is 3. The van der Waals surface area contributed by atoms with Crippen molar-refractivity contribution in [3.8, 4) is 0 Å². The van der Waals surface area contributed by atoms with E-state index in [1.165, 1.54) is 6.07 Å². The number of fused-ring (bicyclic) bond motifs is 1. The van der Waals surface area contributed by atoms with Crippen LogP contribution in [0.15, 0.2) is 41.3 Å². The van der Waals surface area contributed by atoms with Crippen molar-refractivity contribution in [2.24, 2.45) is 0 Å². The summed E-state index contributed by atoms with van der Waals surface area (Å²) in [6, 6.07) is 8.29. The van der Waals surface area contributed by atoms with Crippen molar-refractivity contribution in [3.63, 3.8) is 0 Å². The summed E-state index contributed by atoms with van der Waals surface area (Å²) in [5.41, 5.74) is 3.89. The monoisotopic (exact) mass is 467 g/mol. The van der Waals surface area contributed by atoms with Crippen molar-refractivity contribution in [1.82, 2.24) is 20.2 Å². The quantitative estimate of drug-likeness (QED) is 0.492. The molecule has 3 aromatic rings. The molecule has 8 nitrogen and oxygen atoms in total. The van der Waals surface area contributed by atoms with E-state index in [0.717, 1.165) is 35.2 Å². The molecule has 1 fully saturated rings. The molecule has 1 aliphatic rings. The first kappa shape index (κ1) is 23.8. The number of rotatable bonds is 7. The number of aryl methyl sites for hydroxylation is 1. The molecule has 0 radical (unpaired) electrons. The Labute approximate surface area is 197 Å².